The SMILES string of the molecule is CCCC(=O)Nc1ccc(C(F)(F)F)c(F)c1. The molecule has 2 nitrogen and oxygen atoms in total. The molecule has 0 heterocycles. The number of benzene rings is 1. The predicted molar refractivity (Wildman–Crippen MR) is 54.9 cm³/mol. The van der Waals surface area contributed by atoms with Crippen LogP contribution < -0.4 is 5.32 Å². The van der Waals surface area contributed by atoms with E-state index >= 15 is 0 Å². The fourth-order valence-electron chi connectivity index (χ4n) is 1.27. The van der Waals surface area contributed by atoms with Crippen LogP contribution in [0.4, 0.5) is 23.2 Å². The molecule has 94 valence electrons. The molecule has 0 unspecified atom stereocenters. The molecule has 1 aromatic carbocycles. The summed E-state index contributed by atoms with van der Waals surface area (Å²) in [6, 6.07) is 2.30. The van der Waals surface area contributed by atoms with Crippen LogP contribution in [0.15, 0.2) is 18.2 Å². The molecule has 0 aromatic heterocycles. The lowest BCUT2D eigenvalue weighted by Crippen LogP contribution is -2.12. The Balaban J connectivity index is 2.86. The largest absolute Gasteiger partial charge is 0.419 e. The second-order valence-electron chi connectivity index (χ2n) is 3.49. The standard InChI is InChI=1S/C11H11F4NO/c1-2-3-10(17)16-7-4-5-8(9(12)6-7)11(13,14)15/h4-6H,2-3H2,1H3,(H,16,17). The van der Waals surface area contributed by atoms with Crippen LogP contribution in [-0.4, -0.2) is 5.91 Å². The molecule has 1 amide bonds. The smallest absolute Gasteiger partial charge is 0.326 e. The van der Waals surface area contributed by atoms with E-state index in [-0.39, 0.29) is 18.0 Å². The van der Waals surface area contributed by atoms with Crippen LogP contribution in [0.3, 0.4) is 0 Å². The number of alkyl halides is 3. The van der Waals surface area contributed by atoms with Crippen molar-refractivity contribution in [1.82, 2.24) is 0 Å². The van der Waals surface area contributed by atoms with Gasteiger partial charge in [0.15, 0.2) is 0 Å². The van der Waals surface area contributed by atoms with Crippen LogP contribution in [0, 0.1) is 5.82 Å². The predicted octanol–water partition coefficient (Wildman–Crippen LogP) is 3.58. The Morgan fingerprint density at radius 2 is 2.00 bits per heavy atom. The van der Waals surface area contributed by atoms with Crippen LogP contribution in [0.1, 0.15) is 25.3 Å². The van der Waals surface area contributed by atoms with Crippen molar-refractivity contribution in [3.8, 4) is 0 Å². The first-order valence-corrected chi connectivity index (χ1v) is 5.01. The number of carbonyl (C=O) groups is 1. The summed E-state index contributed by atoms with van der Waals surface area (Å²) in [5.74, 6) is -1.75. The zero-order chi connectivity index (χ0) is 13.1. The average molecular weight is 249 g/mol. The minimum Gasteiger partial charge on any atom is -0.326 e. The lowest BCUT2D eigenvalue weighted by Gasteiger charge is -2.10. The molecule has 1 aromatic rings. The first kappa shape index (κ1) is 13.5. The van der Waals surface area contributed by atoms with Crippen molar-refractivity contribution in [3.05, 3.63) is 29.6 Å². The maximum atomic E-state index is 13.1. The van der Waals surface area contributed by atoms with Gasteiger partial charge in [-0.1, -0.05) is 6.92 Å². The van der Waals surface area contributed by atoms with Crippen LogP contribution in [-0.2, 0) is 11.0 Å². The van der Waals surface area contributed by atoms with E-state index in [9.17, 15) is 22.4 Å². The topological polar surface area (TPSA) is 29.1 Å². The van der Waals surface area contributed by atoms with Gasteiger partial charge in [-0.25, -0.2) is 4.39 Å². The van der Waals surface area contributed by atoms with Crippen molar-refractivity contribution in [2.45, 2.75) is 25.9 Å². The summed E-state index contributed by atoms with van der Waals surface area (Å²) in [6.07, 6.45) is -3.88. The average Bonchev–Trinajstić information content (AvgIpc) is 2.15. The molecule has 0 radical (unpaired) electrons. The van der Waals surface area contributed by atoms with Gasteiger partial charge in [-0.3, -0.25) is 4.79 Å². The Morgan fingerprint density at radius 3 is 2.47 bits per heavy atom. The van der Waals surface area contributed by atoms with Gasteiger partial charge < -0.3 is 5.32 Å². The zero-order valence-electron chi connectivity index (χ0n) is 9.07. The lowest BCUT2D eigenvalue weighted by atomic mass is 10.2. The number of halogens is 4. The van der Waals surface area contributed by atoms with E-state index in [1.807, 2.05) is 0 Å². The van der Waals surface area contributed by atoms with E-state index in [2.05, 4.69) is 5.32 Å². The third kappa shape index (κ3) is 3.72. The number of anilines is 1. The molecule has 0 saturated heterocycles. The highest BCUT2D eigenvalue weighted by atomic mass is 19.4. The van der Waals surface area contributed by atoms with Gasteiger partial charge in [0.25, 0.3) is 0 Å². The number of carbonyl (C=O) groups excluding carboxylic acids is 1. The molecule has 6 heteroatoms. The highest BCUT2D eigenvalue weighted by molar-refractivity contribution is 5.90. The molecular weight excluding hydrogens is 238 g/mol. The Bertz CT molecular complexity index is 414. The number of rotatable bonds is 3. The van der Waals surface area contributed by atoms with Crippen molar-refractivity contribution in [1.29, 1.82) is 0 Å². The first-order valence-electron chi connectivity index (χ1n) is 5.01. The van der Waals surface area contributed by atoms with Crippen molar-refractivity contribution in [3.63, 3.8) is 0 Å². The van der Waals surface area contributed by atoms with Crippen LogP contribution in [0.5, 0.6) is 0 Å². The summed E-state index contributed by atoms with van der Waals surface area (Å²) < 4.78 is 49.8. The highest BCUT2D eigenvalue weighted by Gasteiger charge is 2.33. The second-order valence-corrected chi connectivity index (χ2v) is 3.49. The van der Waals surface area contributed by atoms with Gasteiger partial charge in [-0.15, -0.1) is 0 Å². The summed E-state index contributed by atoms with van der Waals surface area (Å²) in [7, 11) is 0. The highest BCUT2D eigenvalue weighted by Crippen LogP contribution is 2.32. The summed E-state index contributed by atoms with van der Waals surface area (Å²) >= 11 is 0. The molecular formula is C11H11F4NO. The van der Waals surface area contributed by atoms with Gasteiger partial charge in [-0.05, 0) is 24.6 Å². The maximum absolute atomic E-state index is 13.1. The molecule has 0 fully saturated rings. The van der Waals surface area contributed by atoms with E-state index in [0.717, 1.165) is 6.07 Å². The Morgan fingerprint density at radius 1 is 1.35 bits per heavy atom. The third-order valence-electron chi connectivity index (χ3n) is 2.04. The summed E-state index contributed by atoms with van der Waals surface area (Å²) in [4.78, 5) is 11.1. The molecule has 0 aliphatic heterocycles. The van der Waals surface area contributed by atoms with Gasteiger partial charge in [0.1, 0.15) is 5.82 Å². The summed E-state index contributed by atoms with van der Waals surface area (Å²) in [6.45, 7) is 1.78. The summed E-state index contributed by atoms with van der Waals surface area (Å²) in [5, 5.41) is 2.32. The van der Waals surface area contributed by atoms with Crippen molar-refractivity contribution >= 4 is 11.6 Å². The van der Waals surface area contributed by atoms with E-state index in [1.165, 1.54) is 0 Å². The molecule has 17 heavy (non-hydrogen) atoms. The van der Waals surface area contributed by atoms with Crippen LogP contribution in [0.25, 0.3) is 0 Å². The minimum absolute atomic E-state index is 0.0222. The van der Waals surface area contributed by atoms with Crippen LogP contribution in [0.2, 0.25) is 0 Å². The van der Waals surface area contributed by atoms with E-state index < -0.39 is 17.6 Å². The normalized spacial score (nSPS) is 11.4. The van der Waals surface area contributed by atoms with E-state index in [4.69, 9.17) is 0 Å². The number of hydrogen-bond donors (Lipinski definition) is 1. The molecule has 0 aliphatic carbocycles. The number of hydrogen-bond acceptors (Lipinski definition) is 1. The third-order valence-corrected chi connectivity index (χ3v) is 2.04. The molecule has 0 saturated carbocycles. The van der Waals surface area contributed by atoms with Gasteiger partial charge in [0.2, 0.25) is 5.91 Å². The molecule has 1 N–H and O–H groups in total. The van der Waals surface area contributed by atoms with Crippen molar-refractivity contribution in [2.24, 2.45) is 0 Å². The number of amides is 1. The monoisotopic (exact) mass is 249 g/mol. The lowest BCUT2D eigenvalue weighted by molar-refractivity contribution is -0.139. The van der Waals surface area contributed by atoms with Gasteiger partial charge in [0.05, 0.1) is 5.56 Å². The Kier molecular flexibility index (Phi) is 4.09. The second kappa shape index (κ2) is 5.16. The first-order chi connectivity index (χ1) is 7.84. The van der Waals surface area contributed by atoms with Crippen molar-refractivity contribution in [2.75, 3.05) is 5.32 Å². The van der Waals surface area contributed by atoms with Crippen molar-refractivity contribution < 1.29 is 22.4 Å². The number of nitrogens with one attached hydrogen (secondary N) is 1. The molecule has 0 aliphatic rings. The van der Waals surface area contributed by atoms with Gasteiger partial charge in [-0.2, -0.15) is 13.2 Å². The minimum atomic E-state index is -4.73. The zero-order valence-corrected chi connectivity index (χ0v) is 9.07. The Labute approximate surface area is 95.6 Å². The molecule has 0 atom stereocenters. The maximum Gasteiger partial charge on any atom is 0.419 e. The molecule has 0 spiro atoms. The van der Waals surface area contributed by atoms with E-state index in [0.29, 0.717) is 18.6 Å². The fourth-order valence-corrected chi connectivity index (χ4v) is 1.27. The Hall–Kier alpha value is -1.59. The van der Waals surface area contributed by atoms with Crippen LogP contribution >= 0.6 is 0 Å². The van der Waals surface area contributed by atoms with Gasteiger partial charge >= 0.3 is 6.18 Å². The molecule has 1 rings (SSSR count). The fraction of sp³-hybridized carbons (Fsp3) is 0.364. The summed E-state index contributed by atoms with van der Waals surface area (Å²) in [5.41, 5.74) is -1.32. The van der Waals surface area contributed by atoms with E-state index in [1.54, 1.807) is 6.92 Å². The quantitative estimate of drug-likeness (QED) is 0.815. The molecule has 0 bridgehead atoms. The van der Waals surface area contributed by atoms with Gasteiger partial charge in [0, 0.05) is 12.1 Å².